The van der Waals surface area contributed by atoms with E-state index in [1.54, 1.807) is 23.7 Å². The molecule has 1 saturated heterocycles. The maximum atomic E-state index is 11.8. The van der Waals surface area contributed by atoms with Crippen LogP contribution in [0.25, 0.3) is 21.3 Å². The normalized spacial score (nSPS) is 19.6. The van der Waals surface area contributed by atoms with Crippen molar-refractivity contribution in [3.05, 3.63) is 48.4 Å². The summed E-state index contributed by atoms with van der Waals surface area (Å²) in [5.41, 5.74) is 2.67. The summed E-state index contributed by atoms with van der Waals surface area (Å²) < 4.78 is 23.1. The van der Waals surface area contributed by atoms with Gasteiger partial charge in [-0.1, -0.05) is 31.4 Å². The second-order valence-corrected chi connectivity index (χ2v) is 14.2. The molecule has 11 heteroatoms. The average molecular weight is 581 g/mol. The lowest BCUT2D eigenvalue weighted by Gasteiger charge is -2.28. The van der Waals surface area contributed by atoms with Gasteiger partial charge >= 0.3 is 0 Å². The van der Waals surface area contributed by atoms with Crippen molar-refractivity contribution in [1.82, 2.24) is 20.3 Å². The Morgan fingerprint density at radius 3 is 2.30 bits per heavy atom. The first-order chi connectivity index (χ1) is 19.3. The minimum absolute atomic E-state index is 0. The van der Waals surface area contributed by atoms with Gasteiger partial charge in [0.2, 0.25) is 5.91 Å². The van der Waals surface area contributed by atoms with Crippen molar-refractivity contribution in [2.45, 2.75) is 57.4 Å². The summed E-state index contributed by atoms with van der Waals surface area (Å²) in [7, 11) is -2.86. The summed E-state index contributed by atoms with van der Waals surface area (Å²) in [5, 5.41) is 12.5. The van der Waals surface area contributed by atoms with Crippen molar-refractivity contribution >= 4 is 32.8 Å². The molecule has 40 heavy (non-hydrogen) atoms. The number of sulfone groups is 1. The molecular weight excluding hydrogens is 544 g/mol. The minimum atomic E-state index is -2.86. The molecule has 6 rings (SSSR count). The SMILES string of the molecule is Cc1cnc(-c2ncc(-c3ccc(N4CCS(=O)(=O)CC4)cc3)s2)nc1.N#CC1(NC(=O)C2CCCCC2)CC1.[HH]. The lowest BCUT2D eigenvalue weighted by Crippen LogP contribution is -2.40. The molecule has 0 atom stereocenters. The van der Waals surface area contributed by atoms with E-state index >= 15 is 0 Å². The van der Waals surface area contributed by atoms with E-state index in [2.05, 4.69) is 31.2 Å². The highest BCUT2D eigenvalue weighted by atomic mass is 32.2. The largest absolute Gasteiger partial charge is 0.369 e. The Kier molecular flexibility index (Phi) is 8.47. The summed E-state index contributed by atoms with van der Waals surface area (Å²) in [5.74, 6) is 1.38. The van der Waals surface area contributed by atoms with E-state index in [1.165, 1.54) is 6.42 Å². The molecule has 2 saturated carbocycles. The summed E-state index contributed by atoms with van der Waals surface area (Å²) in [6.45, 7) is 3.06. The molecule has 0 radical (unpaired) electrons. The number of hydrogen-bond donors (Lipinski definition) is 1. The molecule has 3 fully saturated rings. The van der Waals surface area contributed by atoms with E-state index in [4.69, 9.17) is 5.26 Å². The van der Waals surface area contributed by atoms with Crippen LogP contribution < -0.4 is 10.2 Å². The van der Waals surface area contributed by atoms with E-state index in [9.17, 15) is 13.2 Å². The first-order valence-electron chi connectivity index (χ1n) is 13.8. The molecule has 0 bridgehead atoms. The number of nitriles is 1. The maximum Gasteiger partial charge on any atom is 0.224 e. The first-order valence-corrected chi connectivity index (χ1v) is 16.4. The van der Waals surface area contributed by atoms with E-state index < -0.39 is 15.4 Å². The third kappa shape index (κ3) is 7.04. The molecule has 3 heterocycles. The van der Waals surface area contributed by atoms with Gasteiger partial charge in [0, 0.05) is 44.7 Å². The highest BCUT2D eigenvalue weighted by Crippen LogP contribution is 2.36. The van der Waals surface area contributed by atoms with Crippen LogP contribution in [-0.4, -0.2) is 59.4 Å². The Morgan fingerprint density at radius 2 is 1.70 bits per heavy atom. The molecule has 3 aromatic rings. The Bertz CT molecular complexity index is 1460. The Balaban J connectivity index is 0.000000219. The van der Waals surface area contributed by atoms with Gasteiger partial charge < -0.3 is 10.2 Å². The first kappa shape index (κ1) is 28.2. The second kappa shape index (κ2) is 12.0. The third-order valence-electron chi connectivity index (χ3n) is 7.64. The van der Waals surface area contributed by atoms with Gasteiger partial charge in [0.1, 0.15) is 5.54 Å². The van der Waals surface area contributed by atoms with Crippen molar-refractivity contribution in [1.29, 1.82) is 5.26 Å². The summed E-state index contributed by atoms with van der Waals surface area (Å²) in [4.78, 5) is 28.0. The predicted octanol–water partition coefficient (Wildman–Crippen LogP) is 4.80. The van der Waals surface area contributed by atoms with Crippen LogP contribution in [0.15, 0.2) is 42.9 Å². The van der Waals surface area contributed by atoms with Gasteiger partial charge in [-0.25, -0.2) is 23.4 Å². The summed E-state index contributed by atoms with van der Waals surface area (Å²) >= 11 is 1.56. The fourth-order valence-electron chi connectivity index (χ4n) is 4.91. The zero-order valence-electron chi connectivity index (χ0n) is 22.7. The van der Waals surface area contributed by atoms with Gasteiger partial charge in [0.25, 0.3) is 0 Å². The van der Waals surface area contributed by atoms with Gasteiger partial charge in [-0.15, -0.1) is 11.3 Å². The molecule has 2 aromatic heterocycles. The van der Waals surface area contributed by atoms with Crippen LogP contribution in [0.1, 0.15) is 51.9 Å². The number of rotatable bonds is 5. The molecule has 0 spiro atoms. The molecule has 3 aliphatic rings. The van der Waals surface area contributed by atoms with Gasteiger partial charge in [-0.05, 0) is 55.9 Å². The molecule has 1 N–H and O–H groups in total. The molecule has 1 amide bonds. The van der Waals surface area contributed by atoms with Crippen molar-refractivity contribution in [2.75, 3.05) is 29.5 Å². The molecule has 2 aliphatic carbocycles. The Morgan fingerprint density at radius 1 is 1.05 bits per heavy atom. The fourth-order valence-corrected chi connectivity index (χ4v) is 6.98. The number of aromatic nitrogens is 3. The van der Waals surface area contributed by atoms with E-state index in [0.29, 0.717) is 18.9 Å². The number of benzene rings is 1. The maximum absolute atomic E-state index is 11.8. The number of carbonyl (C=O) groups excluding carboxylic acids is 1. The second-order valence-electron chi connectivity index (χ2n) is 10.8. The minimum Gasteiger partial charge on any atom is -0.369 e. The quantitative estimate of drug-likeness (QED) is 0.456. The van der Waals surface area contributed by atoms with Gasteiger partial charge in [-0.2, -0.15) is 5.26 Å². The monoisotopic (exact) mass is 580 g/mol. The lowest BCUT2D eigenvalue weighted by molar-refractivity contribution is -0.126. The van der Waals surface area contributed by atoms with Crippen LogP contribution >= 0.6 is 11.3 Å². The Hall–Kier alpha value is -3.36. The number of aryl methyl sites for hydroxylation is 1. The van der Waals surface area contributed by atoms with Crippen molar-refractivity contribution in [3.8, 4) is 27.3 Å². The zero-order valence-corrected chi connectivity index (χ0v) is 24.3. The van der Waals surface area contributed by atoms with Gasteiger partial charge in [-0.3, -0.25) is 4.79 Å². The number of amides is 1. The summed E-state index contributed by atoms with van der Waals surface area (Å²) in [6.07, 6.45) is 12.7. The lowest BCUT2D eigenvalue weighted by atomic mass is 9.88. The standard InChI is InChI=1S/C18H18N4O2S2.C11H16N2O.H2/c1-13-10-19-17(20-11-13)18-21-12-16(25-18)14-2-4-15(5-3-14)22-6-8-26(23,24)9-7-22;12-8-11(6-7-11)13-10(14)9-4-2-1-3-5-9;/h2-5,10-12H,6-9H2,1H3;9H,1-7H2,(H,13,14);1H. The van der Waals surface area contributed by atoms with E-state index in [-0.39, 0.29) is 24.8 Å². The predicted molar refractivity (Wildman–Crippen MR) is 159 cm³/mol. The van der Waals surface area contributed by atoms with E-state index in [1.807, 2.05) is 37.4 Å². The highest BCUT2D eigenvalue weighted by molar-refractivity contribution is 7.91. The molecule has 0 unspecified atom stereocenters. The molecule has 1 aliphatic heterocycles. The number of nitrogens with zero attached hydrogens (tertiary/aromatic N) is 5. The van der Waals surface area contributed by atoms with Crippen molar-refractivity contribution < 1.29 is 14.6 Å². The molecule has 1 aromatic carbocycles. The van der Waals surface area contributed by atoms with Crippen LogP contribution in [0.2, 0.25) is 0 Å². The Labute approximate surface area is 241 Å². The zero-order chi connectivity index (χ0) is 28.2. The van der Waals surface area contributed by atoms with Gasteiger partial charge in [0.05, 0.1) is 22.5 Å². The topological polar surface area (TPSA) is 129 Å². The van der Waals surface area contributed by atoms with Crippen LogP contribution in [0, 0.1) is 24.2 Å². The van der Waals surface area contributed by atoms with E-state index in [0.717, 1.165) is 65.2 Å². The van der Waals surface area contributed by atoms with Crippen LogP contribution in [0.3, 0.4) is 0 Å². The number of carbonyl (C=O) groups is 1. The van der Waals surface area contributed by atoms with Crippen LogP contribution in [0.5, 0.6) is 0 Å². The molecule has 212 valence electrons. The van der Waals surface area contributed by atoms with Crippen LogP contribution in [0.4, 0.5) is 5.69 Å². The highest BCUT2D eigenvalue weighted by Gasteiger charge is 2.45. The van der Waals surface area contributed by atoms with Crippen LogP contribution in [-0.2, 0) is 14.6 Å². The van der Waals surface area contributed by atoms with Crippen molar-refractivity contribution in [2.24, 2.45) is 5.92 Å². The fraction of sp³-hybridized carbons (Fsp3) is 0.483. The van der Waals surface area contributed by atoms with Gasteiger partial charge in [0.15, 0.2) is 20.7 Å². The molecular formula is C29H36N6O3S2. The number of thiazole rings is 1. The third-order valence-corrected chi connectivity index (χ3v) is 10.3. The average Bonchev–Trinajstić information content (AvgIpc) is 3.57. The number of nitrogens with one attached hydrogen (secondary N) is 1. The smallest absolute Gasteiger partial charge is 0.224 e. The summed E-state index contributed by atoms with van der Waals surface area (Å²) in [6, 6.07) is 10.4. The number of anilines is 1. The molecule has 9 nitrogen and oxygen atoms in total. The number of hydrogen-bond acceptors (Lipinski definition) is 9. The van der Waals surface area contributed by atoms with Crippen molar-refractivity contribution in [3.63, 3.8) is 0 Å².